The lowest BCUT2D eigenvalue weighted by Crippen LogP contribution is -2.27. The van der Waals surface area contributed by atoms with E-state index < -0.39 is 10.0 Å². The molecule has 7 heteroatoms. The van der Waals surface area contributed by atoms with Crippen molar-refractivity contribution in [3.63, 3.8) is 0 Å². The quantitative estimate of drug-likeness (QED) is 0.844. The molecule has 0 bridgehead atoms. The number of H-pyrrole nitrogens is 1. The Morgan fingerprint density at radius 1 is 1.35 bits per heavy atom. The van der Waals surface area contributed by atoms with Gasteiger partial charge in [-0.25, -0.2) is 18.1 Å². The van der Waals surface area contributed by atoms with Crippen molar-refractivity contribution < 1.29 is 8.42 Å². The van der Waals surface area contributed by atoms with Gasteiger partial charge in [-0.15, -0.1) is 0 Å². The normalized spacial score (nSPS) is 13.5. The number of nitrogens with one attached hydrogen (secondary N) is 2. The molecule has 0 aliphatic heterocycles. The third-order valence-electron chi connectivity index (χ3n) is 2.28. The minimum Gasteiger partial charge on any atom is -0.335 e. The molecule has 0 spiro atoms. The predicted molar refractivity (Wildman–Crippen MR) is 61.6 cm³/mol. The highest BCUT2D eigenvalue weighted by Gasteiger charge is 2.19. The Balaban J connectivity index is 2.17. The molecule has 90 valence electrons. The molecule has 1 unspecified atom stereocenters. The van der Waals surface area contributed by atoms with E-state index in [4.69, 9.17) is 0 Å². The molecule has 0 saturated heterocycles. The second-order valence-corrected chi connectivity index (χ2v) is 5.23. The fraction of sp³-hybridized carbons (Fsp3) is 0.200. The van der Waals surface area contributed by atoms with Gasteiger partial charge >= 0.3 is 0 Å². The van der Waals surface area contributed by atoms with Crippen molar-refractivity contribution in [3.05, 3.63) is 42.6 Å². The molecule has 1 atom stereocenters. The van der Waals surface area contributed by atoms with Crippen LogP contribution in [0.3, 0.4) is 0 Å². The number of hydrogen-bond acceptors (Lipinski definition) is 4. The van der Waals surface area contributed by atoms with Crippen molar-refractivity contribution in [2.75, 3.05) is 0 Å². The van der Waals surface area contributed by atoms with Crippen LogP contribution in [-0.4, -0.2) is 23.4 Å². The highest BCUT2D eigenvalue weighted by atomic mass is 32.2. The van der Waals surface area contributed by atoms with Gasteiger partial charge in [-0.1, -0.05) is 6.07 Å². The third-order valence-corrected chi connectivity index (χ3v) is 3.75. The first-order chi connectivity index (χ1) is 8.09. The summed E-state index contributed by atoms with van der Waals surface area (Å²) in [5.41, 5.74) is 0.801. The lowest BCUT2D eigenvalue weighted by atomic mass is 10.2. The molecule has 0 aliphatic rings. The molecular formula is C10H12N4O2S. The summed E-state index contributed by atoms with van der Waals surface area (Å²) in [5, 5.41) is 0.0493. The van der Waals surface area contributed by atoms with Crippen molar-refractivity contribution in [2.45, 2.75) is 18.0 Å². The molecule has 2 aromatic rings. The maximum Gasteiger partial charge on any atom is 0.258 e. The number of imidazole rings is 1. The first-order valence-corrected chi connectivity index (χ1v) is 6.48. The van der Waals surface area contributed by atoms with Gasteiger partial charge in [0, 0.05) is 18.4 Å². The SMILES string of the molecule is CC(NS(=O)(=O)c1cnc[nH]1)c1cccnc1. The summed E-state index contributed by atoms with van der Waals surface area (Å²) in [4.78, 5) is 10.2. The molecule has 2 aromatic heterocycles. The zero-order valence-electron chi connectivity index (χ0n) is 9.16. The van der Waals surface area contributed by atoms with E-state index in [9.17, 15) is 8.42 Å². The molecule has 17 heavy (non-hydrogen) atoms. The standard InChI is InChI=1S/C10H12N4O2S/c1-8(9-3-2-4-11-5-9)14-17(15,16)10-6-12-7-13-10/h2-8,14H,1H3,(H,12,13). The smallest absolute Gasteiger partial charge is 0.258 e. The van der Waals surface area contributed by atoms with E-state index in [-0.39, 0.29) is 11.1 Å². The first-order valence-electron chi connectivity index (χ1n) is 5.00. The highest BCUT2D eigenvalue weighted by molar-refractivity contribution is 7.89. The van der Waals surface area contributed by atoms with Gasteiger partial charge in [-0.05, 0) is 18.6 Å². The second kappa shape index (κ2) is 4.64. The van der Waals surface area contributed by atoms with Crippen LogP contribution >= 0.6 is 0 Å². The van der Waals surface area contributed by atoms with Crippen LogP contribution < -0.4 is 4.72 Å². The number of hydrogen-bond donors (Lipinski definition) is 2. The van der Waals surface area contributed by atoms with Gasteiger partial charge in [0.1, 0.15) is 0 Å². The zero-order valence-corrected chi connectivity index (χ0v) is 9.98. The number of aromatic amines is 1. The summed E-state index contributed by atoms with van der Waals surface area (Å²) in [6.07, 6.45) is 5.85. The number of rotatable bonds is 4. The predicted octanol–water partition coefficient (Wildman–Crippen LogP) is 0.844. The summed E-state index contributed by atoms with van der Waals surface area (Å²) < 4.78 is 26.3. The number of pyridine rings is 1. The number of aromatic nitrogens is 3. The van der Waals surface area contributed by atoms with E-state index in [0.717, 1.165) is 5.56 Å². The van der Waals surface area contributed by atoms with Gasteiger partial charge < -0.3 is 4.98 Å². The molecule has 0 radical (unpaired) electrons. The van der Waals surface area contributed by atoms with Crippen LogP contribution in [0.15, 0.2) is 42.1 Å². The Morgan fingerprint density at radius 3 is 2.76 bits per heavy atom. The van der Waals surface area contributed by atoms with Crippen LogP contribution in [0.5, 0.6) is 0 Å². The Hall–Kier alpha value is -1.73. The lowest BCUT2D eigenvalue weighted by Gasteiger charge is -2.12. The van der Waals surface area contributed by atoms with Gasteiger partial charge in [0.2, 0.25) is 0 Å². The van der Waals surface area contributed by atoms with E-state index >= 15 is 0 Å². The van der Waals surface area contributed by atoms with Crippen LogP contribution in [0.1, 0.15) is 18.5 Å². The molecule has 2 rings (SSSR count). The maximum atomic E-state index is 11.9. The molecule has 0 aliphatic carbocycles. The topological polar surface area (TPSA) is 87.7 Å². The monoisotopic (exact) mass is 252 g/mol. The summed E-state index contributed by atoms with van der Waals surface area (Å²) in [7, 11) is -3.56. The Labute approximate surface area is 99.2 Å². The average molecular weight is 252 g/mol. The van der Waals surface area contributed by atoms with E-state index in [1.54, 1.807) is 25.4 Å². The summed E-state index contributed by atoms with van der Waals surface area (Å²) >= 11 is 0. The van der Waals surface area contributed by atoms with Crippen molar-refractivity contribution in [3.8, 4) is 0 Å². The van der Waals surface area contributed by atoms with E-state index in [0.29, 0.717) is 0 Å². The Morgan fingerprint density at radius 2 is 2.18 bits per heavy atom. The van der Waals surface area contributed by atoms with E-state index in [1.807, 2.05) is 6.07 Å². The van der Waals surface area contributed by atoms with Crippen molar-refractivity contribution >= 4 is 10.0 Å². The molecule has 2 heterocycles. The third kappa shape index (κ3) is 2.69. The molecule has 0 aromatic carbocycles. The van der Waals surface area contributed by atoms with Crippen LogP contribution in [0.2, 0.25) is 0 Å². The van der Waals surface area contributed by atoms with E-state index in [2.05, 4.69) is 19.7 Å². The van der Waals surface area contributed by atoms with E-state index in [1.165, 1.54) is 12.5 Å². The zero-order chi connectivity index (χ0) is 12.3. The molecule has 0 amide bonds. The summed E-state index contributed by atoms with van der Waals surface area (Å²) in [6.45, 7) is 1.75. The van der Waals surface area contributed by atoms with Crippen molar-refractivity contribution in [1.82, 2.24) is 19.7 Å². The van der Waals surface area contributed by atoms with Crippen molar-refractivity contribution in [1.29, 1.82) is 0 Å². The minimum atomic E-state index is -3.56. The Kier molecular flexibility index (Phi) is 3.21. The molecule has 0 fully saturated rings. The maximum absolute atomic E-state index is 11.9. The molecule has 2 N–H and O–H groups in total. The van der Waals surface area contributed by atoms with Gasteiger partial charge in [-0.3, -0.25) is 4.98 Å². The van der Waals surface area contributed by atoms with Crippen LogP contribution in [-0.2, 0) is 10.0 Å². The number of nitrogens with zero attached hydrogens (tertiary/aromatic N) is 2. The van der Waals surface area contributed by atoms with Crippen LogP contribution in [0.4, 0.5) is 0 Å². The fourth-order valence-corrected chi connectivity index (χ4v) is 2.52. The summed E-state index contributed by atoms with van der Waals surface area (Å²) in [6, 6.07) is 3.22. The fourth-order valence-electron chi connectivity index (χ4n) is 1.39. The first kappa shape index (κ1) is 11.7. The van der Waals surface area contributed by atoms with Crippen LogP contribution in [0, 0.1) is 0 Å². The average Bonchev–Trinajstić information content (AvgIpc) is 2.84. The van der Waals surface area contributed by atoms with Gasteiger partial charge in [-0.2, -0.15) is 0 Å². The van der Waals surface area contributed by atoms with Gasteiger partial charge in [0.25, 0.3) is 10.0 Å². The highest BCUT2D eigenvalue weighted by Crippen LogP contribution is 2.13. The molecular weight excluding hydrogens is 240 g/mol. The van der Waals surface area contributed by atoms with Gasteiger partial charge in [0.15, 0.2) is 5.03 Å². The van der Waals surface area contributed by atoms with Crippen molar-refractivity contribution in [2.24, 2.45) is 0 Å². The van der Waals surface area contributed by atoms with Gasteiger partial charge in [0.05, 0.1) is 12.5 Å². The second-order valence-electron chi connectivity index (χ2n) is 3.55. The summed E-state index contributed by atoms with van der Waals surface area (Å²) in [5.74, 6) is 0. The largest absolute Gasteiger partial charge is 0.335 e. The number of sulfonamides is 1. The Bertz CT molecular complexity index is 566. The molecule has 6 nitrogen and oxygen atoms in total. The minimum absolute atomic E-state index is 0.0493. The molecule has 0 saturated carbocycles. The van der Waals surface area contributed by atoms with Crippen LogP contribution in [0.25, 0.3) is 0 Å². The lowest BCUT2D eigenvalue weighted by molar-refractivity contribution is 0.563.